The molecule has 0 unspecified atom stereocenters. The molecule has 1 rings (SSSR count). The summed E-state index contributed by atoms with van der Waals surface area (Å²) in [5.41, 5.74) is 7.30. The summed E-state index contributed by atoms with van der Waals surface area (Å²) in [6.45, 7) is 0.486. The lowest BCUT2D eigenvalue weighted by Crippen LogP contribution is -2.34. The summed E-state index contributed by atoms with van der Waals surface area (Å²) in [7, 11) is -3.19. The molecule has 0 aromatic heterocycles. The number of anilines is 1. The van der Waals surface area contributed by atoms with Crippen molar-refractivity contribution in [2.45, 2.75) is 12.8 Å². The maximum atomic E-state index is 11.5. The molecule has 0 radical (unpaired) electrons. The minimum Gasteiger partial charge on any atom is -0.399 e. The van der Waals surface area contributed by atoms with E-state index < -0.39 is 10.0 Å². The molecule has 7 heteroatoms. The van der Waals surface area contributed by atoms with Gasteiger partial charge in [0, 0.05) is 25.2 Å². The van der Waals surface area contributed by atoms with Crippen LogP contribution in [-0.4, -0.2) is 33.7 Å². The van der Waals surface area contributed by atoms with Crippen molar-refractivity contribution in [3.05, 3.63) is 29.8 Å². The molecule has 0 saturated carbocycles. The summed E-state index contributed by atoms with van der Waals surface area (Å²) in [6.07, 6.45) is 2.07. The first kappa shape index (κ1) is 15.5. The lowest BCUT2D eigenvalue weighted by atomic mass is 10.1. The number of carbonyl (C=O) groups excluding carboxylic acids is 1. The van der Waals surface area contributed by atoms with E-state index in [9.17, 15) is 13.2 Å². The Balaban J connectivity index is 2.19. The number of hydrogen-bond acceptors (Lipinski definition) is 4. The van der Waals surface area contributed by atoms with Gasteiger partial charge in [-0.3, -0.25) is 4.79 Å². The molecular formula is C12H19N3O3S. The van der Waals surface area contributed by atoms with E-state index in [1.165, 1.54) is 0 Å². The van der Waals surface area contributed by atoms with Crippen LogP contribution in [0, 0.1) is 0 Å². The van der Waals surface area contributed by atoms with Crippen molar-refractivity contribution in [2.75, 3.05) is 25.1 Å². The predicted molar refractivity (Wildman–Crippen MR) is 75.0 cm³/mol. The monoisotopic (exact) mass is 285 g/mol. The van der Waals surface area contributed by atoms with Crippen LogP contribution < -0.4 is 15.8 Å². The molecule has 1 amide bonds. The highest BCUT2D eigenvalue weighted by Crippen LogP contribution is 2.07. The normalized spacial score (nSPS) is 11.2. The average molecular weight is 285 g/mol. The van der Waals surface area contributed by atoms with Gasteiger partial charge in [0.15, 0.2) is 0 Å². The van der Waals surface area contributed by atoms with Gasteiger partial charge in [-0.25, -0.2) is 13.1 Å². The zero-order valence-electron chi connectivity index (χ0n) is 10.8. The largest absolute Gasteiger partial charge is 0.399 e. The molecule has 4 N–H and O–H groups in total. The molecule has 0 fully saturated rings. The van der Waals surface area contributed by atoms with Crippen LogP contribution in [0.1, 0.15) is 12.0 Å². The molecule has 0 spiro atoms. The summed E-state index contributed by atoms with van der Waals surface area (Å²) in [5, 5.41) is 2.65. The molecule has 0 saturated heterocycles. The third kappa shape index (κ3) is 7.43. The van der Waals surface area contributed by atoms with Crippen molar-refractivity contribution >= 4 is 21.6 Å². The quantitative estimate of drug-likeness (QED) is 0.479. The summed E-state index contributed by atoms with van der Waals surface area (Å²) >= 11 is 0. The molecule has 0 aliphatic carbocycles. The molecular weight excluding hydrogens is 266 g/mol. The van der Waals surface area contributed by atoms with Gasteiger partial charge in [-0.1, -0.05) is 12.1 Å². The second-order valence-corrected chi connectivity index (χ2v) is 6.09. The van der Waals surface area contributed by atoms with E-state index >= 15 is 0 Å². The van der Waals surface area contributed by atoms with Gasteiger partial charge >= 0.3 is 0 Å². The molecule has 0 heterocycles. The van der Waals surface area contributed by atoms with Crippen LogP contribution in [0.4, 0.5) is 5.69 Å². The fraction of sp³-hybridized carbons (Fsp3) is 0.417. The first-order valence-electron chi connectivity index (χ1n) is 5.92. The Hall–Kier alpha value is -1.60. The Morgan fingerprint density at radius 1 is 1.21 bits per heavy atom. The number of benzene rings is 1. The number of hydrogen-bond donors (Lipinski definition) is 3. The van der Waals surface area contributed by atoms with Crippen LogP contribution >= 0.6 is 0 Å². The topological polar surface area (TPSA) is 101 Å². The second-order valence-electron chi connectivity index (χ2n) is 4.26. The summed E-state index contributed by atoms with van der Waals surface area (Å²) in [5.74, 6) is -0.105. The van der Waals surface area contributed by atoms with E-state index in [2.05, 4.69) is 10.0 Å². The Morgan fingerprint density at radius 2 is 1.84 bits per heavy atom. The first-order valence-corrected chi connectivity index (χ1v) is 7.82. The first-order chi connectivity index (χ1) is 8.87. The maximum absolute atomic E-state index is 11.5. The Bertz CT molecular complexity index is 512. The zero-order valence-corrected chi connectivity index (χ0v) is 11.7. The molecule has 19 heavy (non-hydrogen) atoms. The smallest absolute Gasteiger partial charge is 0.220 e. The van der Waals surface area contributed by atoms with Crippen LogP contribution in [0.3, 0.4) is 0 Å². The number of nitrogens with one attached hydrogen (secondary N) is 2. The zero-order chi connectivity index (χ0) is 14.3. The summed E-state index contributed by atoms with van der Waals surface area (Å²) in [6, 6.07) is 7.36. The molecule has 1 aromatic rings. The summed E-state index contributed by atoms with van der Waals surface area (Å²) < 4.78 is 23.9. The molecule has 0 aliphatic heterocycles. The Kier molecular flexibility index (Phi) is 5.78. The Morgan fingerprint density at radius 3 is 2.42 bits per heavy atom. The lowest BCUT2D eigenvalue weighted by molar-refractivity contribution is -0.121. The van der Waals surface area contributed by atoms with Gasteiger partial charge in [-0.2, -0.15) is 0 Å². The van der Waals surface area contributed by atoms with E-state index in [0.717, 1.165) is 11.8 Å². The van der Waals surface area contributed by atoms with Crippen molar-refractivity contribution in [1.82, 2.24) is 10.0 Å². The van der Waals surface area contributed by atoms with Gasteiger partial charge < -0.3 is 11.1 Å². The average Bonchev–Trinajstić information content (AvgIpc) is 2.33. The number of rotatable bonds is 7. The number of nitrogen functional groups attached to an aromatic ring is 1. The third-order valence-electron chi connectivity index (χ3n) is 2.43. The van der Waals surface area contributed by atoms with Gasteiger partial charge in [0.2, 0.25) is 15.9 Å². The number of amides is 1. The van der Waals surface area contributed by atoms with Gasteiger partial charge in [0.1, 0.15) is 0 Å². The summed E-state index contributed by atoms with van der Waals surface area (Å²) in [4.78, 5) is 11.5. The van der Waals surface area contributed by atoms with Crippen molar-refractivity contribution in [3.63, 3.8) is 0 Å². The molecule has 6 nitrogen and oxygen atoms in total. The highest BCUT2D eigenvalue weighted by molar-refractivity contribution is 7.88. The minimum atomic E-state index is -3.19. The molecule has 0 aliphatic rings. The van der Waals surface area contributed by atoms with Crippen molar-refractivity contribution in [3.8, 4) is 0 Å². The van der Waals surface area contributed by atoms with Crippen LogP contribution in [-0.2, 0) is 21.2 Å². The SMILES string of the molecule is CS(=O)(=O)NCCNC(=O)CCc1ccc(N)cc1. The number of sulfonamides is 1. The number of nitrogens with two attached hydrogens (primary N) is 1. The Labute approximate surface area is 113 Å². The van der Waals surface area contributed by atoms with Gasteiger partial charge in [-0.15, -0.1) is 0 Å². The number of carbonyl (C=O) groups is 1. The highest BCUT2D eigenvalue weighted by atomic mass is 32.2. The molecule has 0 bridgehead atoms. The maximum Gasteiger partial charge on any atom is 0.220 e. The fourth-order valence-electron chi connectivity index (χ4n) is 1.47. The standard InChI is InChI=1S/C12H19N3O3S/c1-19(17,18)15-9-8-14-12(16)7-4-10-2-5-11(13)6-3-10/h2-3,5-6,15H,4,7-9,13H2,1H3,(H,14,16). The fourth-order valence-corrected chi connectivity index (χ4v) is 1.94. The van der Waals surface area contributed by atoms with E-state index in [1.807, 2.05) is 12.1 Å². The van der Waals surface area contributed by atoms with Crippen molar-refractivity contribution in [1.29, 1.82) is 0 Å². The van der Waals surface area contributed by atoms with E-state index in [-0.39, 0.29) is 19.0 Å². The molecule has 1 aromatic carbocycles. The van der Waals surface area contributed by atoms with Crippen LogP contribution in [0.15, 0.2) is 24.3 Å². The van der Waals surface area contributed by atoms with Crippen LogP contribution in [0.5, 0.6) is 0 Å². The van der Waals surface area contributed by atoms with E-state index in [0.29, 0.717) is 18.5 Å². The predicted octanol–water partition coefficient (Wildman–Crippen LogP) is -0.133. The van der Waals surface area contributed by atoms with Gasteiger partial charge in [0.25, 0.3) is 0 Å². The van der Waals surface area contributed by atoms with Crippen molar-refractivity contribution in [2.24, 2.45) is 0 Å². The second kappa shape index (κ2) is 7.10. The van der Waals surface area contributed by atoms with Gasteiger partial charge in [-0.05, 0) is 24.1 Å². The molecule has 106 valence electrons. The van der Waals surface area contributed by atoms with Crippen LogP contribution in [0.25, 0.3) is 0 Å². The minimum absolute atomic E-state index is 0.105. The lowest BCUT2D eigenvalue weighted by Gasteiger charge is -2.06. The van der Waals surface area contributed by atoms with E-state index in [4.69, 9.17) is 5.73 Å². The van der Waals surface area contributed by atoms with Gasteiger partial charge in [0.05, 0.1) is 6.26 Å². The highest BCUT2D eigenvalue weighted by Gasteiger charge is 2.03. The molecule has 0 atom stereocenters. The number of aryl methyl sites for hydroxylation is 1. The van der Waals surface area contributed by atoms with E-state index in [1.54, 1.807) is 12.1 Å². The van der Waals surface area contributed by atoms with Crippen molar-refractivity contribution < 1.29 is 13.2 Å². The third-order valence-corrected chi connectivity index (χ3v) is 3.16. The van der Waals surface area contributed by atoms with Crippen LogP contribution in [0.2, 0.25) is 0 Å².